The summed E-state index contributed by atoms with van der Waals surface area (Å²) >= 11 is 0. The van der Waals surface area contributed by atoms with E-state index in [1.54, 1.807) is 25.7 Å². The Morgan fingerprint density at radius 1 is 1.26 bits per heavy atom. The number of para-hydroxylation sites is 1. The van der Waals surface area contributed by atoms with Crippen LogP contribution in [0.4, 0.5) is 5.69 Å². The number of nitrogens with zero attached hydrogens (tertiary/aromatic N) is 2. The third kappa shape index (κ3) is 3.59. The fourth-order valence-electron chi connectivity index (χ4n) is 2.34. The maximum Gasteiger partial charge on any atom is 0.344 e. The lowest BCUT2D eigenvalue weighted by atomic mass is 10.2. The van der Waals surface area contributed by atoms with Gasteiger partial charge in [-0.1, -0.05) is 23.4 Å². The Labute approximate surface area is 135 Å². The Kier molecular flexibility index (Phi) is 5.16. The van der Waals surface area contributed by atoms with Gasteiger partial charge in [-0.3, -0.25) is 4.79 Å². The van der Waals surface area contributed by atoms with E-state index in [0.717, 1.165) is 5.69 Å². The third-order valence-electron chi connectivity index (χ3n) is 3.52. The minimum absolute atomic E-state index is 0.271. The molecular formula is C17H20N2O4. The lowest BCUT2D eigenvalue weighted by Crippen LogP contribution is -2.40. The zero-order chi connectivity index (χ0) is 17.0. The quantitative estimate of drug-likeness (QED) is 0.793. The summed E-state index contributed by atoms with van der Waals surface area (Å²) in [4.78, 5) is 26.4. The van der Waals surface area contributed by atoms with Gasteiger partial charge in [0, 0.05) is 12.2 Å². The van der Waals surface area contributed by atoms with Crippen molar-refractivity contribution in [1.29, 1.82) is 0 Å². The number of ether oxygens (including phenoxy) is 1. The molecule has 0 aliphatic heterocycles. The van der Waals surface area contributed by atoms with Gasteiger partial charge in [-0.05, 0) is 39.8 Å². The van der Waals surface area contributed by atoms with Gasteiger partial charge in [0.2, 0.25) is 0 Å². The van der Waals surface area contributed by atoms with Crippen molar-refractivity contribution < 1.29 is 18.8 Å². The van der Waals surface area contributed by atoms with Crippen LogP contribution >= 0.6 is 0 Å². The molecule has 0 saturated carbocycles. The molecule has 0 radical (unpaired) electrons. The number of benzene rings is 1. The number of amides is 1. The summed E-state index contributed by atoms with van der Waals surface area (Å²) in [5, 5.41) is 3.72. The van der Waals surface area contributed by atoms with Crippen LogP contribution in [0.3, 0.4) is 0 Å². The molecule has 6 nitrogen and oxygen atoms in total. The summed E-state index contributed by atoms with van der Waals surface area (Å²) in [6.07, 6.45) is -0.906. The van der Waals surface area contributed by atoms with Crippen LogP contribution < -0.4 is 4.90 Å². The molecule has 6 heteroatoms. The Bertz CT molecular complexity index is 674. The molecule has 1 heterocycles. The van der Waals surface area contributed by atoms with Crippen LogP contribution in [0.5, 0.6) is 0 Å². The Morgan fingerprint density at radius 3 is 2.43 bits per heavy atom. The van der Waals surface area contributed by atoms with E-state index >= 15 is 0 Å². The van der Waals surface area contributed by atoms with E-state index in [-0.39, 0.29) is 11.5 Å². The number of rotatable bonds is 5. The third-order valence-corrected chi connectivity index (χ3v) is 3.52. The number of likely N-dealkylation sites (N-methyl/N-ethyl adjacent to an activating group) is 1. The van der Waals surface area contributed by atoms with Crippen LogP contribution in [0, 0.1) is 13.8 Å². The average molecular weight is 316 g/mol. The first-order valence-corrected chi connectivity index (χ1v) is 7.46. The molecule has 0 aliphatic carbocycles. The van der Waals surface area contributed by atoms with Crippen LogP contribution in [0.15, 0.2) is 34.9 Å². The van der Waals surface area contributed by atoms with Gasteiger partial charge < -0.3 is 14.2 Å². The fraction of sp³-hybridized carbons (Fsp3) is 0.353. The highest BCUT2D eigenvalue weighted by Crippen LogP contribution is 2.18. The molecular weight excluding hydrogens is 296 g/mol. The van der Waals surface area contributed by atoms with E-state index < -0.39 is 12.1 Å². The Morgan fingerprint density at radius 2 is 1.91 bits per heavy atom. The van der Waals surface area contributed by atoms with E-state index in [1.807, 2.05) is 37.3 Å². The molecule has 0 bridgehead atoms. The van der Waals surface area contributed by atoms with Gasteiger partial charge in [0.15, 0.2) is 6.10 Å². The van der Waals surface area contributed by atoms with Crippen LogP contribution in [0.25, 0.3) is 0 Å². The van der Waals surface area contributed by atoms with Crippen molar-refractivity contribution in [3.63, 3.8) is 0 Å². The summed E-state index contributed by atoms with van der Waals surface area (Å²) < 4.78 is 10.2. The minimum atomic E-state index is -0.906. The van der Waals surface area contributed by atoms with E-state index in [4.69, 9.17) is 9.26 Å². The molecule has 2 rings (SSSR count). The smallest absolute Gasteiger partial charge is 0.344 e. The number of esters is 1. The predicted octanol–water partition coefficient (Wildman–Crippen LogP) is 2.89. The van der Waals surface area contributed by atoms with Crippen molar-refractivity contribution in [2.45, 2.75) is 33.8 Å². The first kappa shape index (κ1) is 16.7. The number of carbonyl (C=O) groups excluding carboxylic acids is 2. The second-order valence-corrected chi connectivity index (χ2v) is 5.16. The van der Waals surface area contributed by atoms with Crippen molar-refractivity contribution in [3.8, 4) is 0 Å². The summed E-state index contributed by atoms with van der Waals surface area (Å²) in [6, 6.07) is 9.26. The molecule has 0 unspecified atom stereocenters. The lowest BCUT2D eigenvalue weighted by Gasteiger charge is -2.24. The summed E-state index contributed by atoms with van der Waals surface area (Å²) in [5.41, 5.74) is 1.48. The number of carbonyl (C=O) groups is 2. The molecule has 0 fully saturated rings. The largest absolute Gasteiger partial charge is 0.449 e. The lowest BCUT2D eigenvalue weighted by molar-refractivity contribution is -0.126. The van der Waals surface area contributed by atoms with E-state index in [1.165, 1.54) is 0 Å². The topological polar surface area (TPSA) is 72.6 Å². The summed E-state index contributed by atoms with van der Waals surface area (Å²) in [5.74, 6) is -0.507. The first-order valence-electron chi connectivity index (χ1n) is 7.46. The van der Waals surface area contributed by atoms with E-state index in [2.05, 4.69) is 5.16 Å². The summed E-state index contributed by atoms with van der Waals surface area (Å²) in [7, 11) is 0. The molecule has 1 aromatic carbocycles. The predicted molar refractivity (Wildman–Crippen MR) is 85.3 cm³/mol. The highest BCUT2D eigenvalue weighted by Gasteiger charge is 2.27. The van der Waals surface area contributed by atoms with Crippen molar-refractivity contribution in [2.75, 3.05) is 11.4 Å². The number of anilines is 1. The molecule has 0 aliphatic rings. The van der Waals surface area contributed by atoms with Gasteiger partial charge >= 0.3 is 5.97 Å². The minimum Gasteiger partial charge on any atom is -0.449 e. The number of hydrogen-bond donors (Lipinski definition) is 0. The number of hydrogen-bond acceptors (Lipinski definition) is 5. The highest BCUT2D eigenvalue weighted by molar-refractivity contribution is 5.99. The molecule has 1 amide bonds. The van der Waals surface area contributed by atoms with Crippen molar-refractivity contribution >= 4 is 17.6 Å². The summed E-state index contributed by atoms with van der Waals surface area (Å²) in [6.45, 7) is 7.20. The SMILES string of the molecule is CCN(C(=O)[C@@H](C)OC(=O)c1c(C)noc1C)c1ccccc1. The molecule has 122 valence electrons. The zero-order valence-electron chi connectivity index (χ0n) is 13.7. The van der Waals surface area contributed by atoms with Crippen molar-refractivity contribution in [2.24, 2.45) is 0 Å². The number of aryl methyl sites for hydroxylation is 2. The van der Waals surface area contributed by atoms with Crippen LogP contribution in [-0.4, -0.2) is 29.7 Å². The monoisotopic (exact) mass is 316 g/mol. The van der Waals surface area contributed by atoms with Gasteiger partial charge in [0.25, 0.3) is 5.91 Å². The average Bonchev–Trinajstić information content (AvgIpc) is 2.87. The van der Waals surface area contributed by atoms with Gasteiger partial charge in [-0.25, -0.2) is 4.79 Å². The zero-order valence-corrected chi connectivity index (χ0v) is 13.7. The molecule has 23 heavy (non-hydrogen) atoms. The number of aromatic nitrogens is 1. The second-order valence-electron chi connectivity index (χ2n) is 5.16. The molecule has 0 spiro atoms. The van der Waals surface area contributed by atoms with Crippen LogP contribution in [0.2, 0.25) is 0 Å². The van der Waals surface area contributed by atoms with Crippen molar-refractivity contribution in [3.05, 3.63) is 47.3 Å². The molecule has 0 saturated heterocycles. The maximum absolute atomic E-state index is 12.6. The maximum atomic E-state index is 12.6. The first-order chi connectivity index (χ1) is 11.0. The Balaban J connectivity index is 2.12. The second kappa shape index (κ2) is 7.09. The van der Waals surface area contributed by atoms with Crippen LogP contribution in [-0.2, 0) is 9.53 Å². The Hall–Kier alpha value is -2.63. The standard InChI is InChI=1S/C17H20N2O4/c1-5-19(14-9-7-6-8-10-14)16(20)13(4)22-17(21)15-11(2)18-23-12(15)3/h6-10,13H,5H2,1-4H3/t13-/m1/s1. The molecule has 0 N–H and O–H groups in total. The van der Waals surface area contributed by atoms with Crippen LogP contribution in [0.1, 0.15) is 35.7 Å². The van der Waals surface area contributed by atoms with E-state index in [0.29, 0.717) is 18.0 Å². The van der Waals surface area contributed by atoms with Gasteiger partial charge in [0.05, 0.1) is 5.69 Å². The van der Waals surface area contributed by atoms with Gasteiger partial charge in [-0.15, -0.1) is 0 Å². The van der Waals surface area contributed by atoms with Crippen molar-refractivity contribution in [1.82, 2.24) is 5.16 Å². The molecule has 2 aromatic rings. The fourth-order valence-corrected chi connectivity index (χ4v) is 2.34. The highest BCUT2D eigenvalue weighted by atomic mass is 16.5. The molecule has 1 aromatic heterocycles. The van der Waals surface area contributed by atoms with E-state index in [9.17, 15) is 9.59 Å². The van der Waals surface area contributed by atoms with Gasteiger partial charge in [-0.2, -0.15) is 0 Å². The normalized spacial score (nSPS) is 11.8. The van der Waals surface area contributed by atoms with Gasteiger partial charge in [0.1, 0.15) is 11.3 Å². The molecule has 1 atom stereocenters.